The lowest BCUT2D eigenvalue weighted by Crippen LogP contribution is -2.63. The Morgan fingerprint density at radius 3 is 2.56 bits per heavy atom. The molecule has 3 aliphatic heterocycles. The number of aliphatic hydroxyl groups is 1. The van der Waals surface area contributed by atoms with E-state index in [0.717, 1.165) is 11.1 Å². The van der Waals surface area contributed by atoms with E-state index in [9.17, 15) is 24.3 Å². The third-order valence-electron chi connectivity index (χ3n) is 9.63. The molecule has 4 bridgehead atoms. The Balaban J connectivity index is 1.80. The zero-order valence-electron chi connectivity index (χ0n) is 28.9. The van der Waals surface area contributed by atoms with Gasteiger partial charge in [0.1, 0.15) is 40.7 Å². The molecule has 0 aliphatic carbocycles. The quantitative estimate of drug-likeness (QED) is 0.346. The molecule has 48 heavy (non-hydrogen) atoms. The highest BCUT2D eigenvalue weighted by atomic mass is 35.5. The van der Waals surface area contributed by atoms with Crippen molar-refractivity contribution in [1.82, 2.24) is 10.2 Å². The van der Waals surface area contributed by atoms with Crippen LogP contribution in [-0.2, 0) is 39.8 Å². The molecule has 0 radical (unpaired) electrons. The first kappa shape index (κ1) is 37.2. The van der Waals surface area contributed by atoms with Crippen LogP contribution < -0.4 is 15.0 Å². The molecule has 2 fully saturated rings. The zero-order chi connectivity index (χ0) is 35.7. The van der Waals surface area contributed by atoms with E-state index in [1.54, 1.807) is 45.2 Å². The molecule has 264 valence electrons. The van der Waals surface area contributed by atoms with Crippen molar-refractivity contribution in [2.75, 3.05) is 33.2 Å². The third-order valence-corrected chi connectivity index (χ3v) is 10.0. The Morgan fingerprint density at radius 1 is 1.25 bits per heavy atom. The van der Waals surface area contributed by atoms with E-state index in [0.29, 0.717) is 17.9 Å². The first-order valence-electron chi connectivity index (χ1n) is 15.8. The maximum absolute atomic E-state index is 14.0. The van der Waals surface area contributed by atoms with Crippen molar-refractivity contribution in [2.45, 2.75) is 95.7 Å². The summed E-state index contributed by atoms with van der Waals surface area (Å²) in [4.78, 5) is 54.7. The average molecular weight is 692 g/mol. The summed E-state index contributed by atoms with van der Waals surface area (Å²) >= 11 is 6.71. The van der Waals surface area contributed by atoms with Crippen LogP contribution in [0, 0.1) is 5.92 Å². The van der Waals surface area contributed by atoms with E-state index in [-0.39, 0.29) is 23.8 Å². The van der Waals surface area contributed by atoms with Gasteiger partial charge in [0, 0.05) is 40.5 Å². The number of fused-ring (bicyclic) bond motifs is 5. The van der Waals surface area contributed by atoms with Gasteiger partial charge in [0.15, 0.2) is 5.72 Å². The molecule has 3 amide bonds. The molecule has 3 heterocycles. The standard InChI is InChI=1S/C34H46ClN3O10/c1-18-11-10-12-26(45-9)34(43)17-25(46-32(42)36-34)19(2)30-33(5,48-30)27(47-31(41)20(3)37(6)21(4)39)16-28(40)38(7)23-14-22(13-18)15-24(44-8)29(23)35/h10-12,14-15,19-20,25-27,30,43H,13,16-17H2,1-9H3,(H,36,42)/t19-,20+,25+,26-,27+,30+,33+,34+/m1/s1. The lowest BCUT2D eigenvalue weighted by atomic mass is 9.83. The van der Waals surface area contributed by atoms with Gasteiger partial charge in [0.05, 0.1) is 25.3 Å². The second-order valence-corrected chi connectivity index (χ2v) is 13.4. The highest BCUT2D eigenvalue weighted by molar-refractivity contribution is 6.35. The molecule has 14 heteroatoms. The number of epoxide rings is 1. The van der Waals surface area contributed by atoms with Gasteiger partial charge in [-0.2, -0.15) is 0 Å². The summed E-state index contributed by atoms with van der Waals surface area (Å²) in [5, 5.41) is 14.4. The molecular formula is C34H46ClN3O10. The lowest BCUT2D eigenvalue weighted by Gasteiger charge is -2.42. The van der Waals surface area contributed by atoms with Gasteiger partial charge < -0.3 is 38.6 Å². The van der Waals surface area contributed by atoms with Gasteiger partial charge in [0.2, 0.25) is 11.8 Å². The van der Waals surface area contributed by atoms with Crippen molar-refractivity contribution in [1.29, 1.82) is 0 Å². The Hall–Kier alpha value is -3.65. The summed E-state index contributed by atoms with van der Waals surface area (Å²) in [5.74, 6) is -1.63. The zero-order valence-corrected chi connectivity index (χ0v) is 29.6. The largest absolute Gasteiger partial charge is 0.495 e. The summed E-state index contributed by atoms with van der Waals surface area (Å²) in [5.41, 5.74) is -0.871. The number of rotatable bonds is 5. The van der Waals surface area contributed by atoms with Crippen LogP contribution in [0.5, 0.6) is 5.75 Å². The number of esters is 1. The molecule has 8 atom stereocenters. The van der Waals surface area contributed by atoms with Crippen molar-refractivity contribution in [2.24, 2.45) is 5.92 Å². The molecule has 0 unspecified atom stereocenters. The van der Waals surface area contributed by atoms with Gasteiger partial charge in [-0.05, 0) is 44.9 Å². The van der Waals surface area contributed by atoms with Gasteiger partial charge in [0.25, 0.3) is 0 Å². The van der Waals surface area contributed by atoms with E-state index >= 15 is 0 Å². The van der Waals surface area contributed by atoms with Gasteiger partial charge in [-0.25, -0.2) is 9.59 Å². The molecule has 4 rings (SSSR count). The number of halogens is 1. The third kappa shape index (κ3) is 7.64. The number of methoxy groups -OCH3 is 2. The maximum atomic E-state index is 14.0. The van der Waals surface area contributed by atoms with Gasteiger partial charge >= 0.3 is 12.1 Å². The van der Waals surface area contributed by atoms with Crippen LogP contribution in [0.4, 0.5) is 10.5 Å². The normalized spacial score (nSPS) is 31.4. The number of hydrogen-bond donors (Lipinski definition) is 2. The minimum atomic E-state index is -1.81. The highest BCUT2D eigenvalue weighted by Crippen LogP contribution is 2.49. The fourth-order valence-electron chi connectivity index (χ4n) is 6.27. The number of allylic oxidation sites excluding steroid dienone is 3. The second-order valence-electron chi connectivity index (χ2n) is 13.0. The predicted molar refractivity (Wildman–Crippen MR) is 177 cm³/mol. The Kier molecular flexibility index (Phi) is 11.2. The van der Waals surface area contributed by atoms with Crippen molar-refractivity contribution >= 4 is 41.2 Å². The summed E-state index contributed by atoms with van der Waals surface area (Å²) in [6.07, 6.45) is 1.02. The first-order chi connectivity index (χ1) is 22.4. The number of likely N-dealkylation sites (N-methyl/N-ethyl adjacent to an activating group) is 1. The molecule has 0 spiro atoms. The average Bonchev–Trinajstić information content (AvgIpc) is 3.73. The molecule has 0 aromatic heterocycles. The van der Waals surface area contributed by atoms with Crippen molar-refractivity contribution in [3.05, 3.63) is 46.5 Å². The minimum absolute atomic E-state index is 0.0436. The SMILES string of the molecule is COc1cc2cc(c1Cl)N(C)C(=O)C[C@H](OC(=O)[C@H](C)N(C)C(C)=O)[C@]1(C)O[C@H]1[C@H](C)[C@@H]1C[C@@](O)(NC(=O)O1)[C@H](OC)C=CC=C(C)C2. The van der Waals surface area contributed by atoms with E-state index < -0.39 is 65.7 Å². The Morgan fingerprint density at radius 2 is 1.94 bits per heavy atom. The van der Waals surface area contributed by atoms with Crippen molar-refractivity contribution in [3.63, 3.8) is 0 Å². The van der Waals surface area contributed by atoms with Crippen LogP contribution in [-0.4, -0.2) is 104 Å². The second kappa shape index (κ2) is 14.5. The molecule has 13 nitrogen and oxygen atoms in total. The molecule has 2 N–H and O–H groups in total. The van der Waals surface area contributed by atoms with Crippen LogP contribution in [0.25, 0.3) is 0 Å². The smallest absolute Gasteiger partial charge is 0.409 e. The first-order valence-corrected chi connectivity index (χ1v) is 16.2. The van der Waals surface area contributed by atoms with Crippen LogP contribution in [0.1, 0.15) is 53.0 Å². The summed E-state index contributed by atoms with van der Waals surface area (Å²) in [6, 6.07) is 2.63. The van der Waals surface area contributed by atoms with Gasteiger partial charge in [-0.15, -0.1) is 0 Å². The van der Waals surface area contributed by atoms with Crippen molar-refractivity contribution in [3.8, 4) is 5.75 Å². The molecule has 0 saturated carbocycles. The van der Waals surface area contributed by atoms with E-state index in [4.69, 9.17) is 35.3 Å². The number of ether oxygens (including phenoxy) is 5. The molecule has 1 aromatic rings. The Labute approximate surface area is 286 Å². The topological polar surface area (TPSA) is 156 Å². The molecule has 1 aromatic carbocycles. The number of alkyl carbamates (subject to hydrolysis) is 1. The van der Waals surface area contributed by atoms with E-state index in [2.05, 4.69) is 5.32 Å². The summed E-state index contributed by atoms with van der Waals surface area (Å²) < 4.78 is 28.9. The van der Waals surface area contributed by atoms with E-state index in [1.807, 2.05) is 13.0 Å². The number of carbonyl (C=O) groups is 4. The molecular weight excluding hydrogens is 646 g/mol. The van der Waals surface area contributed by atoms with Crippen LogP contribution >= 0.6 is 11.6 Å². The highest BCUT2D eigenvalue weighted by Gasteiger charge is 2.64. The Bertz CT molecular complexity index is 1500. The van der Waals surface area contributed by atoms with Gasteiger partial charge in [-0.1, -0.05) is 42.3 Å². The van der Waals surface area contributed by atoms with Crippen LogP contribution in [0.3, 0.4) is 0 Å². The fourth-order valence-corrected chi connectivity index (χ4v) is 6.59. The summed E-state index contributed by atoms with van der Waals surface area (Å²) in [7, 11) is 5.97. The number of amides is 3. The maximum Gasteiger partial charge on any atom is 0.409 e. The fraction of sp³-hybridized carbons (Fsp3) is 0.588. The predicted octanol–water partition coefficient (Wildman–Crippen LogP) is 3.53. The number of benzene rings is 1. The molecule has 2 saturated heterocycles. The van der Waals surface area contributed by atoms with Crippen LogP contribution in [0.2, 0.25) is 5.02 Å². The minimum Gasteiger partial charge on any atom is -0.495 e. The van der Waals surface area contributed by atoms with Crippen molar-refractivity contribution < 1.29 is 48.0 Å². The summed E-state index contributed by atoms with van der Waals surface area (Å²) in [6.45, 7) is 8.29. The number of anilines is 1. The van der Waals surface area contributed by atoms with E-state index in [1.165, 1.54) is 44.9 Å². The number of hydrogen-bond acceptors (Lipinski definition) is 10. The monoisotopic (exact) mass is 691 g/mol. The van der Waals surface area contributed by atoms with Gasteiger partial charge in [-0.3, -0.25) is 14.9 Å². The lowest BCUT2D eigenvalue weighted by molar-refractivity contribution is -0.161. The number of nitrogens with one attached hydrogen (secondary N) is 1. The number of nitrogens with zero attached hydrogens (tertiary/aromatic N) is 2. The van der Waals surface area contributed by atoms with Crippen LogP contribution in [0.15, 0.2) is 35.9 Å². The number of carbonyl (C=O) groups excluding carboxylic acids is 4. The molecule has 3 aliphatic rings.